The van der Waals surface area contributed by atoms with Gasteiger partial charge in [-0.25, -0.2) is 0 Å². The zero-order valence-corrected chi connectivity index (χ0v) is 9.34. The van der Waals surface area contributed by atoms with Gasteiger partial charge in [-0.15, -0.1) is 0 Å². The predicted octanol–water partition coefficient (Wildman–Crippen LogP) is 1.36. The molecule has 0 spiro atoms. The normalized spacial score (nSPS) is 34.9. The molecule has 3 atom stereocenters. The number of pyridine rings is 1. The van der Waals surface area contributed by atoms with Gasteiger partial charge in [-0.05, 0) is 55.3 Å². The van der Waals surface area contributed by atoms with E-state index in [0.717, 1.165) is 43.3 Å². The number of hydrogen-bond acceptors (Lipinski definition) is 3. The SMILES string of the molecule is OC(c1cccnc1)C1CC2CNCC2C1. The molecule has 1 aliphatic heterocycles. The topological polar surface area (TPSA) is 45.2 Å². The van der Waals surface area contributed by atoms with Gasteiger partial charge in [-0.2, -0.15) is 0 Å². The number of aliphatic hydroxyl groups is 1. The van der Waals surface area contributed by atoms with E-state index in [0.29, 0.717) is 5.92 Å². The average Bonchev–Trinajstić information content (AvgIpc) is 2.89. The highest BCUT2D eigenvalue weighted by molar-refractivity contribution is 5.14. The van der Waals surface area contributed by atoms with Crippen LogP contribution < -0.4 is 5.32 Å². The molecule has 0 amide bonds. The standard InChI is InChI=1S/C13H18N2O/c16-13(9-2-1-3-14-6-9)10-4-11-7-15-8-12(11)5-10/h1-3,6,10-13,15-16H,4-5,7-8H2. The molecule has 2 aliphatic rings. The lowest BCUT2D eigenvalue weighted by molar-refractivity contribution is 0.106. The van der Waals surface area contributed by atoms with Crippen molar-refractivity contribution >= 4 is 0 Å². The van der Waals surface area contributed by atoms with Crippen LogP contribution in [0.1, 0.15) is 24.5 Å². The quantitative estimate of drug-likeness (QED) is 0.788. The van der Waals surface area contributed by atoms with Crippen LogP contribution in [0.5, 0.6) is 0 Å². The van der Waals surface area contributed by atoms with Crippen molar-refractivity contribution in [1.82, 2.24) is 10.3 Å². The average molecular weight is 218 g/mol. The maximum atomic E-state index is 10.3. The third-order valence-corrected chi connectivity index (χ3v) is 4.16. The lowest BCUT2D eigenvalue weighted by atomic mass is 9.94. The van der Waals surface area contributed by atoms with Gasteiger partial charge in [0.25, 0.3) is 0 Å². The van der Waals surface area contributed by atoms with E-state index in [1.807, 2.05) is 12.1 Å². The van der Waals surface area contributed by atoms with Crippen molar-refractivity contribution in [3.05, 3.63) is 30.1 Å². The molecule has 2 fully saturated rings. The monoisotopic (exact) mass is 218 g/mol. The molecular formula is C13H18N2O. The van der Waals surface area contributed by atoms with Crippen LogP contribution in [0.15, 0.2) is 24.5 Å². The summed E-state index contributed by atoms with van der Waals surface area (Å²) in [7, 11) is 0. The van der Waals surface area contributed by atoms with Crippen molar-refractivity contribution < 1.29 is 5.11 Å². The van der Waals surface area contributed by atoms with Gasteiger partial charge < -0.3 is 10.4 Å². The second kappa shape index (κ2) is 4.15. The molecule has 3 rings (SSSR count). The van der Waals surface area contributed by atoms with Crippen LogP contribution in [-0.2, 0) is 0 Å². The van der Waals surface area contributed by atoms with Gasteiger partial charge in [0.2, 0.25) is 0 Å². The number of aliphatic hydroxyl groups excluding tert-OH is 1. The van der Waals surface area contributed by atoms with E-state index < -0.39 is 0 Å². The van der Waals surface area contributed by atoms with E-state index in [1.54, 1.807) is 12.4 Å². The smallest absolute Gasteiger partial charge is 0.0833 e. The minimum absolute atomic E-state index is 0.320. The number of fused-ring (bicyclic) bond motifs is 1. The first-order chi connectivity index (χ1) is 7.84. The number of nitrogens with one attached hydrogen (secondary N) is 1. The molecule has 3 heteroatoms. The van der Waals surface area contributed by atoms with Crippen LogP contribution >= 0.6 is 0 Å². The lowest BCUT2D eigenvalue weighted by Gasteiger charge is -2.18. The van der Waals surface area contributed by atoms with Crippen molar-refractivity contribution in [2.24, 2.45) is 17.8 Å². The summed E-state index contributed by atoms with van der Waals surface area (Å²) in [6.07, 6.45) is 5.54. The summed E-state index contributed by atoms with van der Waals surface area (Å²) in [5.41, 5.74) is 0.973. The van der Waals surface area contributed by atoms with Gasteiger partial charge in [0, 0.05) is 12.4 Å². The first kappa shape index (κ1) is 10.2. The minimum Gasteiger partial charge on any atom is -0.388 e. The molecule has 16 heavy (non-hydrogen) atoms. The van der Waals surface area contributed by atoms with Crippen LogP contribution in [0.25, 0.3) is 0 Å². The van der Waals surface area contributed by atoms with Crippen molar-refractivity contribution in [2.45, 2.75) is 18.9 Å². The molecule has 2 N–H and O–H groups in total. The summed E-state index contributed by atoms with van der Waals surface area (Å²) in [5.74, 6) is 2.01. The van der Waals surface area contributed by atoms with Crippen molar-refractivity contribution in [3.8, 4) is 0 Å². The Balaban J connectivity index is 1.71. The first-order valence-corrected chi connectivity index (χ1v) is 6.13. The molecule has 3 unspecified atom stereocenters. The summed E-state index contributed by atoms with van der Waals surface area (Å²) in [5, 5.41) is 13.7. The van der Waals surface area contributed by atoms with E-state index >= 15 is 0 Å². The molecule has 3 nitrogen and oxygen atoms in total. The fraction of sp³-hybridized carbons (Fsp3) is 0.615. The number of aromatic nitrogens is 1. The van der Waals surface area contributed by atoms with Gasteiger partial charge >= 0.3 is 0 Å². The summed E-state index contributed by atoms with van der Waals surface area (Å²) in [6, 6.07) is 3.87. The number of nitrogens with zero attached hydrogens (tertiary/aromatic N) is 1. The van der Waals surface area contributed by atoms with Gasteiger partial charge in [0.1, 0.15) is 0 Å². The van der Waals surface area contributed by atoms with Crippen LogP contribution in [0.2, 0.25) is 0 Å². The Kier molecular flexibility index (Phi) is 2.65. The Morgan fingerprint density at radius 3 is 2.69 bits per heavy atom. The van der Waals surface area contributed by atoms with Crippen LogP contribution in [-0.4, -0.2) is 23.2 Å². The Hall–Kier alpha value is -0.930. The summed E-state index contributed by atoms with van der Waals surface area (Å²) >= 11 is 0. The molecule has 2 heterocycles. The molecule has 0 bridgehead atoms. The van der Waals surface area contributed by atoms with E-state index in [9.17, 15) is 5.11 Å². The predicted molar refractivity (Wildman–Crippen MR) is 61.8 cm³/mol. The molecule has 1 saturated carbocycles. The second-order valence-corrected chi connectivity index (χ2v) is 5.14. The van der Waals surface area contributed by atoms with Gasteiger partial charge in [0.05, 0.1) is 6.10 Å². The van der Waals surface area contributed by atoms with Gasteiger partial charge in [0.15, 0.2) is 0 Å². The lowest BCUT2D eigenvalue weighted by Crippen LogP contribution is -2.16. The fourth-order valence-electron chi connectivity index (χ4n) is 3.29. The Labute approximate surface area is 95.9 Å². The highest BCUT2D eigenvalue weighted by atomic mass is 16.3. The highest BCUT2D eigenvalue weighted by Gasteiger charge is 2.40. The largest absolute Gasteiger partial charge is 0.388 e. The molecule has 1 aliphatic carbocycles. The fourth-order valence-corrected chi connectivity index (χ4v) is 3.29. The van der Waals surface area contributed by atoms with Crippen molar-refractivity contribution in [3.63, 3.8) is 0 Å². The zero-order valence-electron chi connectivity index (χ0n) is 9.34. The number of hydrogen-bond donors (Lipinski definition) is 2. The van der Waals surface area contributed by atoms with Gasteiger partial charge in [-0.1, -0.05) is 6.07 Å². The summed E-state index contributed by atoms with van der Waals surface area (Å²) in [6.45, 7) is 2.28. The van der Waals surface area contributed by atoms with E-state index in [-0.39, 0.29) is 6.10 Å². The zero-order chi connectivity index (χ0) is 11.0. The Morgan fingerprint density at radius 2 is 2.06 bits per heavy atom. The molecule has 1 aromatic heterocycles. The maximum Gasteiger partial charge on any atom is 0.0833 e. The molecular weight excluding hydrogens is 200 g/mol. The first-order valence-electron chi connectivity index (χ1n) is 6.13. The Bertz CT molecular complexity index is 342. The van der Waals surface area contributed by atoms with Crippen molar-refractivity contribution in [1.29, 1.82) is 0 Å². The van der Waals surface area contributed by atoms with E-state index in [4.69, 9.17) is 0 Å². The van der Waals surface area contributed by atoms with E-state index in [1.165, 1.54) is 0 Å². The summed E-state index contributed by atoms with van der Waals surface area (Å²) in [4.78, 5) is 4.08. The molecule has 86 valence electrons. The summed E-state index contributed by atoms with van der Waals surface area (Å²) < 4.78 is 0. The Morgan fingerprint density at radius 1 is 1.31 bits per heavy atom. The minimum atomic E-state index is -0.320. The van der Waals surface area contributed by atoms with Crippen molar-refractivity contribution in [2.75, 3.05) is 13.1 Å². The highest BCUT2D eigenvalue weighted by Crippen LogP contribution is 2.43. The molecule has 0 aromatic carbocycles. The van der Waals surface area contributed by atoms with Crippen LogP contribution in [0, 0.1) is 17.8 Å². The molecule has 1 saturated heterocycles. The van der Waals surface area contributed by atoms with E-state index in [2.05, 4.69) is 10.3 Å². The van der Waals surface area contributed by atoms with Gasteiger partial charge in [-0.3, -0.25) is 4.98 Å². The third-order valence-electron chi connectivity index (χ3n) is 4.16. The second-order valence-electron chi connectivity index (χ2n) is 5.14. The molecule has 0 radical (unpaired) electrons. The maximum absolute atomic E-state index is 10.3. The number of rotatable bonds is 2. The third kappa shape index (κ3) is 1.74. The molecule has 1 aromatic rings. The van der Waals surface area contributed by atoms with Crippen LogP contribution in [0.4, 0.5) is 0 Å². The van der Waals surface area contributed by atoms with Crippen LogP contribution in [0.3, 0.4) is 0 Å².